The summed E-state index contributed by atoms with van der Waals surface area (Å²) in [7, 11) is 0. The van der Waals surface area contributed by atoms with Crippen LogP contribution < -0.4 is 10.2 Å². The highest BCUT2D eigenvalue weighted by Crippen LogP contribution is 2.46. The first-order valence-corrected chi connectivity index (χ1v) is 7.97. The van der Waals surface area contributed by atoms with Crippen molar-refractivity contribution in [1.29, 1.82) is 0 Å². The molecule has 1 heterocycles. The van der Waals surface area contributed by atoms with Gasteiger partial charge in [0.1, 0.15) is 17.3 Å². The van der Waals surface area contributed by atoms with Gasteiger partial charge in [-0.2, -0.15) is 0 Å². The number of amides is 2. The van der Waals surface area contributed by atoms with Gasteiger partial charge in [-0.3, -0.25) is 14.4 Å². The monoisotopic (exact) mass is 334 g/mol. The summed E-state index contributed by atoms with van der Waals surface area (Å²) in [5.74, 6) is -2.69. The van der Waals surface area contributed by atoms with Crippen molar-refractivity contribution in [1.82, 2.24) is 5.32 Å². The van der Waals surface area contributed by atoms with E-state index >= 15 is 0 Å². The number of carbonyl (C=O) groups excluding carboxylic acids is 2. The minimum absolute atomic E-state index is 0.193. The molecule has 7 heteroatoms. The first kappa shape index (κ1) is 16.4. The normalized spacial score (nSPS) is 22.2. The maximum Gasteiger partial charge on any atom is 0.319 e. The minimum Gasteiger partial charge on any atom is -0.480 e. The number of anilines is 1. The second-order valence-electron chi connectivity index (χ2n) is 6.50. The molecule has 0 radical (unpaired) electrons. The molecular formula is C17H19FN2O4. The Hall–Kier alpha value is -2.44. The number of hydrogen-bond donors (Lipinski definition) is 2. The van der Waals surface area contributed by atoms with E-state index in [2.05, 4.69) is 5.32 Å². The number of nitrogens with zero attached hydrogens (tertiary/aromatic N) is 1. The van der Waals surface area contributed by atoms with Gasteiger partial charge in [0.25, 0.3) is 0 Å². The number of benzene rings is 1. The van der Waals surface area contributed by atoms with Crippen molar-refractivity contribution in [2.75, 3.05) is 11.4 Å². The molecule has 1 aromatic rings. The number of carboxylic acids is 1. The van der Waals surface area contributed by atoms with Gasteiger partial charge in [-0.15, -0.1) is 0 Å². The number of carboxylic acid groups (broad SMARTS) is 1. The molecule has 1 unspecified atom stereocenters. The predicted octanol–water partition coefficient (Wildman–Crippen LogP) is 1.61. The van der Waals surface area contributed by atoms with E-state index in [9.17, 15) is 18.8 Å². The fraction of sp³-hybridized carbons (Fsp3) is 0.471. The molecule has 1 saturated heterocycles. The predicted molar refractivity (Wildman–Crippen MR) is 84.0 cm³/mol. The van der Waals surface area contributed by atoms with Crippen molar-refractivity contribution in [3.8, 4) is 0 Å². The number of nitrogens with one attached hydrogen (secondary N) is 1. The summed E-state index contributed by atoms with van der Waals surface area (Å²) in [6, 6.07) is 3.71. The highest BCUT2D eigenvalue weighted by atomic mass is 19.1. The molecule has 2 aliphatic rings. The minimum atomic E-state index is -1.39. The van der Waals surface area contributed by atoms with Crippen molar-refractivity contribution < 1.29 is 23.9 Å². The van der Waals surface area contributed by atoms with Crippen LogP contribution in [0.15, 0.2) is 18.2 Å². The largest absolute Gasteiger partial charge is 0.480 e. The number of aryl methyl sites for hydroxylation is 1. The Morgan fingerprint density at radius 1 is 1.38 bits per heavy atom. The summed E-state index contributed by atoms with van der Waals surface area (Å²) in [6.07, 6.45) is 1.59. The fourth-order valence-electron chi connectivity index (χ4n) is 3.04. The van der Waals surface area contributed by atoms with Crippen molar-refractivity contribution in [3.05, 3.63) is 29.6 Å². The molecule has 6 nitrogen and oxygen atoms in total. The molecule has 2 fully saturated rings. The van der Waals surface area contributed by atoms with Gasteiger partial charge < -0.3 is 15.3 Å². The van der Waals surface area contributed by atoms with E-state index in [1.165, 1.54) is 11.0 Å². The lowest BCUT2D eigenvalue weighted by Crippen LogP contribution is -2.54. The topological polar surface area (TPSA) is 86.7 Å². The molecular weight excluding hydrogens is 315 g/mol. The molecule has 1 aliphatic heterocycles. The SMILES string of the molecule is Cc1ccc(F)c(N2CCCC(NC(=O)C3(C(=O)O)CC3)C2=O)c1. The van der Waals surface area contributed by atoms with E-state index in [4.69, 9.17) is 5.11 Å². The molecule has 128 valence electrons. The first-order valence-electron chi connectivity index (χ1n) is 7.97. The van der Waals surface area contributed by atoms with E-state index in [1.54, 1.807) is 19.1 Å². The van der Waals surface area contributed by atoms with Crippen LogP contribution in [-0.2, 0) is 14.4 Å². The van der Waals surface area contributed by atoms with Crippen LogP contribution in [0, 0.1) is 18.2 Å². The Bertz CT molecular complexity index is 715. The van der Waals surface area contributed by atoms with Crippen LogP contribution in [0.25, 0.3) is 0 Å². The highest BCUT2D eigenvalue weighted by Gasteiger charge is 2.57. The third kappa shape index (κ3) is 2.74. The van der Waals surface area contributed by atoms with Crippen LogP contribution >= 0.6 is 0 Å². The average Bonchev–Trinajstić information content (AvgIpc) is 3.34. The van der Waals surface area contributed by atoms with Gasteiger partial charge in [0.2, 0.25) is 11.8 Å². The van der Waals surface area contributed by atoms with E-state index < -0.39 is 35.1 Å². The third-order valence-corrected chi connectivity index (χ3v) is 4.73. The molecule has 0 aromatic heterocycles. The molecule has 1 saturated carbocycles. The zero-order valence-electron chi connectivity index (χ0n) is 13.3. The lowest BCUT2D eigenvalue weighted by atomic mass is 10.0. The summed E-state index contributed by atoms with van der Waals surface area (Å²) in [5.41, 5.74) is -0.372. The van der Waals surface area contributed by atoms with Crippen LogP contribution in [0.1, 0.15) is 31.2 Å². The second kappa shape index (κ2) is 5.89. The zero-order valence-corrected chi connectivity index (χ0v) is 13.3. The molecule has 24 heavy (non-hydrogen) atoms. The fourth-order valence-corrected chi connectivity index (χ4v) is 3.04. The zero-order chi connectivity index (χ0) is 17.5. The third-order valence-electron chi connectivity index (χ3n) is 4.73. The first-order chi connectivity index (χ1) is 11.3. The molecule has 1 aliphatic carbocycles. The molecule has 1 aromatic carbocycles. The lowest BCUT2D eigenvalue weighted by molar-refractivity contribution is -0.150. The van der Waals surface area contributed by atoms with Gasteiger partial charge >= 0.3 is 5.97 Å². The molecule has 0 spiro atoms. The maximum absolute atomic E-state index is 14.1. The van der Waals surface area contributed by atoms with Crippen molar-refractivity contribution >= 4 is 23.5 Å². The smallest absolute Gasteiger partial charge is 0.319 e. The standard InChI is InChI=1S/C17H19FN2O4/c1-10-4-5-11(18)13(9-10)20-8-2-3-12(14(20)21)19-15(22)17(6-7-17)16(23)24/h4-5,9,12H,2-3,6-8H2,1H3,(H,19,22)(H,23,24). The number of aliphatic carboxylic acids is 1. The van der Waals surface area contributed by atoms with Crippen LogP contribution in [0.3, 0.4) is 0 Å². The Balaban J connectivity index is 1.77. The summed E-state index contributed by atoms with van der Waals surface area (Å²) in [4.78, 5) is 37.4. The maximum atomic E-state index is 14.1. The van der Waals surface area contributed by atoms with E-state index in [-0.39, 0.29) is 18.5 Å². The highest BCUT2D eigenvalue weighted by molar-refractivity contribution is 6.07. The summed E-state index contributed by atoms with van der Waals surface area (Å²) < 4.78 is 14.1. The van der Waals surface area contributed by atoms with E-state index in [1.807, 2.05) is 0 Å². The van der Waals surface area contributed by atoms with Crippen molar-refractivity contribution in [2.45, 2.75) is 38.6 Å². The Morgan fingerprint density at radius 3 is 2.71 bits per heavy atom. The van der Waals surface area contributed by atoms with E-state index in [0.717, 1.165) is 5.56 Å². The molecule has 1 atom stereocenters. The summed E-state index contributed by atoms with van der Waals surface area (Å²) in [6.45, 7) is 2.18. The second-order valence-corrected chi connectivity index (χ2v) is 6.50. The Morgan fingerprint density at radius 2 is 2.08 bits per heavy atom. The van der Waals surface area contributed by atoms with Crippen LogP contribution in [0.5, 0.6) is 0 Å². The van der Waals surface area contributed by atoms with Gasteiger partial charge in [-0.05, 0) is 50.3 Å². The van der Waals surface area contributed by atoms with Gasteiger partial charge in [-0.25, -0.2) is 4.39 Å². The molecule has 3 rings (SSSR count). The molecule has 2 N–H and O–H groups in total. The average molecular weight is 334 g/mol. The number of carbonyl (C=O) groups is 3. The molecule has 2 amide bonds. The van der Waals surface area contributed by atoms with Gasteiger partial charge in [0.05, 0.1) is 5.69 Å². The lowest BCUT2D eigenvalue weighted by Gasteiger charge is -2.33. The summed E-state index contributed by atoms with van der Waals surface area (Å²) in [5, 5.41) is 11.7. The number of hydrogen-bond acceptors (Lipinski definition) is 3. The van der Waals surface area contributed by atoms with Crippen LogP contribution in [0.4, 0.5) is 10.1 Å². The Labute approximate surface area is 138 Å². The van der Waals surface area contributed by atoms with Gasteiger partial charge in [0, 0.05) is 6.54 Å². The van der Waals surface area contributed by atoms with Crippen molar-refractivity contribution in [3.63, 3.8) is 0 Å². The number of piperidine rings is 1. The van der Waals surface area contributed by atoms with Crippen molar-refractivity contribution in [2.24, 2.45) is 5.41 Å². The van der Waals surface area contributed by atoms with Gasteiger partial charge in [0.15, 0.2) is 0 Å². The number of halogens is 1. The van der Waals surface area contributed by atoms with E-state index in [0.29, 0.717) is 19.4 Å². The van der Waals surface area contributed by atoms with Crippen LogP contribution in [-0.4, -0.2) is 35.5 Å². The molecule has 0 bridgehead atoms. The van der Waals surface area contributed by atoms with Gasteiger partial charge in [-0.1, -0.05) is 6.07 Å². The Kier molecular flexibility index (Phi) is 4.03. The van der Waals surface area contributed by atoms with Crippen LogP contribution in [0.2, 0.25) is 0 Å². The number of rotatable bonds is 4. The summed E-state index contributed by atoms with van der Waals surface area (Å²) >= 11 is 0. The quantitative estimate of drug-likeness (QED) is 0.819.